The van der Waals surface area contributed by atoms with E-state index in [0.29, 0.717) is 35.6 Å². The van der Waals surface area contributed by atoms with Crippen molar-refractivity contribution in [1.29, 1.82) is 0 Å². The molecule has 26 heavy (non-hydrogen) atoms. The van der Waals surface area contributed by atoms with Gasteiger partial charge in [0.15, 0.2) is 5.16 Å². The normalized spacial score (nSPS) is 16.8. The number of carbonyl (C=O) groups excluding carboxylic acids is 1. The van der Waals surface area contributed by atoms with Gasteiger partial charge in [-0.05, 0) is 24.6 Å². The Morgan fingerprint density at radius 3 is 2.65 bits per heavy atom. The fourth-order valence-corrected chi connectivity index (χ4v) is 4.02. The van der Waals surface area contributed by atoms with Crippen molar-refractivity contribution in [2.24, 2.45) is 0 Å². The van der Waals surface area contributed by atoms with Crippen LogP contribution in [-0.2, 0) is 16.1 Å². The highest BCUT2D eigenvalue weighted by Gasteiger charge is 2.29. The summed E-state index contributed by atoms with van der Waals surface area (Å²) in [5.74, 6) is -0.237. The van der Waals surface area contributed by atoms with Crippen molar-refractivity contribution < 1.29 is 9.53 Å². The Labute approximate surface area is 155 Å². The van der Waals surface area contributed by atoms with Crippen molar-refractivity contribution in [1.82, 2.24) is 9.55 Å². The lowest BCUT2D eigenvalue weighted by atomic mass is 10.1. The van der Waals surface area contributed by atoms with Crippen LogP contribution >= 0.6 is 11.8 Å². The molecule has 6 heteroatoms. The van der Waals surface area contributed by atoms with E-state index in [2.05, 4.69) is 4.98 Å². The number of aryl methyl sites for hydroxylation is 1. The van der Waals surface area contributed by atoms with Gasteiger partial charge in [-0.15, -0.1) is 0 Å². The van der Waals surface area contributed by atoms with Crippen molar-refractivity contribution in [3.63, 3.8) is 0 Å². The zero-order chi connectivity index (χ0) is 18.1. The lowest BCUT2D eigenvalue weighted by Gasteiger charge is -2.14. The maximum absolute atomic E-state index is 13.1. The molecule has 0 saturated carbocycles. The predicted molar refractivity (Wildman–Crippen MR) is 102 cm³/mol. The molecule has 0 amide bonds. The van der Waals surface area contributed by atoms with Gasteiger partial charge in [-0.25, -0.2) is 4.98 Å². The summed E-state index contributed by atoms with van der Waals surface area (Å²) in [6.07, 6.45) is 0.636. The fourth-order valence-electron chi connectivity index (χ4n) is 2.96. The van der Waals surface area contributed by atoms with Crippen LogP contribution in [-0.4, -0.2) is 27.4 Å². The van der Waals surface area contributed by atoms with E-state index < -0.39 is 0 Å². The molecule has 0 spiro atoms. The van der Waals surface area contributed by atoms with E-state index >= 15 is 0 Å². The van der Waals surface area contributed by atoms with Crippen LogP contribution in [0.3, 0.4) is 0 Å². The molecule has 4 rings (SSSR count). The minimum Gasteiger partial charge on any atom is -0.465 e. The molecule has 2 aromatic carbocycles. The summed E-state index contributed by atoms with van der Waals surface area (Å²) in [5.41, 5.74) is 2.74. The molecule has 0 bridgehead atoms. The molecule has 0 N–H and O–H groups in total. The molecule has 2 heterocycles. The van der Waals surface area contributed by atoms with E-state index in [9.17, 15) is 9.59 Å². The summed E-state index contributed by atoms with van der Waals surface area (Å²) in [6, 6.07) is 15.4. The first kappa shape index (κ1) is 16.8. The van der Waals surface area contributed by atoms with Crippen molar-refractivity contribution in [2.75, 3.05) is 6.61 Å². The number of ether oxygens (including phenoxy) is 1. The van der Waals surface area contributed by atoms with E-state index in [1.165, 1.54) is 17.3 Å². The Morgan fingerprint density at radius 2 is 1.92 bits per heavy atom. The zero-order valence-electron chi connectivity index (χ0n) is 14.3. The number of nitrogens with zero attached hydrogens (tertiary/aromatic N) is 2. The molecule has 1 aromatic heterocycles. The van der Waals surface area contributed by atoms with Gasteiger partial charge in [-0.3, -0.25) is 14.2 Å². The number of para-hydroxylation sites is 1. The summed E-state index contributed by atoms with van der Waals surface area (Å²) in [6.45, 7) is 2.87. The molecule has 1 aliphatic rings. The van der Waals surface area contributed by atoms with Crippen LogP contribution in [0.2, 0.25) is 0 Å². The van der Waals surface area contributed by atoms with Gasteiger partial charge in [0.2, 0.25) is 0 Å². The van der Waals surface area contributed by atoms with Gasteiger partial charge in [0.25, 0.3) is 5.56 Å². The SMILES string of the molecule is Cc1ccc(Cn2c(S[C@@H]3CCOC3=O)nc3ccccc3c2=O)cc1. The van der Waals surface area contributed by atoms with Crippen molar-refractivity contribution >= 4 is 28.6 Å². The number of hydrogen-bond acceptors (Lipinski definition) is 5. The minimum atomic E-state index is -0.313. The van der Waals surface area contributed by atoms with E-state index in [-0.39, 0.29) is 16.8 Å². The number of carbonyl (C=O) groups is 1. The first-order valence-electron chi connectivity index (χ1n) is 8.50. The number of cyclic esters (lactones) is 1. The first-order chi connectivity index (χ1) is 12.6. The molecule has 1 aliphatic heterocycles. The zero-order valence-corrected chi connectivity index (χ0v) is 15.2. The topological polar surface area (TPSA) is 61.2 Å². The molecule has 1 atom stereocenters. The van der Waals surface area contributed by atoms with Crippen LogP contribution in [0.15, 0.2) is 58.5 Å². The second-order valence-electron chi connectivity index (χ2n) is 6.35. The fraction of sp³-hybridized carbons (Fsp3) is 0.250. The molecular formula is C20H18N2O3S. The third kappa shape index (κ3) is 3.24. The minimum absolute atomic E-state index is 0.0926. The molecule has 1 saturated heterocycles. The lowest BCUT2D eigenvalue weighted by molar-refractivity contribution is -0.137. The number of thioether (sulfide) groups is 1. The van der Waals surface area contributed by atoms with Gasteiger partial charge in [0, 0.05) is 6.42 Å². The van der Waals surface area contributed by atoms with Gasteiger partial charge in [0.1, 0.15) is 5.25 Å². The summed E-state index contributed by atoms with van der Waals surface area (Å²) in [7, 11) is 0. The molecule has 1 fully saturated rings. The Bertz CT molecular complexity index is 1030. The second kappa shape index (κ2) is 6.96. The van der Waals surface area contributed by atoms with Gasteiger partial charge in [0.05, 0.1) is 24.1 Å². The maximum atomic E-state index is 13.1. The molecule has 5 nitrogen and oxygen atoms in total. The molecule has 132 valence electrons. The largest absolute Gasteiger partial charge is 0.465 e. The number of rotatable bonds is 4. The van der Waals surface area contributed by atoms with E-state index in [1.807, 2.05) is 49.4 Å². The summed E-state index contributed by atoms with van der Waals surface area (Å²) in [4.78, 5) is 29.6. The van der Waals surface area contributed by atoms with Crippen molar-refractivity contribution in [2.45, 2.75) is 30.3 Å². The number of fused-ring (bicyclic) bond motifs is 1. The number of aromatic nitrogens is 2. The monoisotopic (exact) mass is 366 g/mol. The molecule has 0 aliphatic carbocycles. The molecule has 3 aromatic rings. The highest BCUT2D eigenvalue weighted by Crippen LogP contribution is 2.29. The Hall–Kier alpha value is -2.60. The van der Waals surface area contributed by atoms with E-state index in [4.69, 9.17) is 4.74 Å². The summed E-state index contributed by atoms with van der Waals surface area (Å²) in [5, 5.41) is 0.823. The highest BCUT2D eigenvalue weighted by molar-refractivity contribution is 8.00. The van der Waals surface area contributed by atoms with Crippen molar-refractivity contribution in [3.05, 3.63) is 70.0 Å². The van der Waals surface area contributed by atoms with Crippen LogP contribution in [0.5, 0.6) is 0 Å². The van der Waals surface area contributed by atoms with Gasteiger partial charge in [-0.2, -0.15) is 0 Å². The average molecular weight is 366 g/mol. The van der Waals surface area contributed by atoms with Gasteiger partial charge >= 0.3 is 5.97 Å². The summed E-state index contributed by atoms with van der Waals surface area (Å²) >= 11 is 1.31. The first-order valence-corrected chi connectivity index (χ1v) is 9.38. The highest BCUT2D eigenvalue weighted by atomic mass is 32.2. The molecular weight excluding hydrogens is 348 g/mol. The number of esters is 1. The third-order valence-corrected chi connectivity index (χ3v) is 5.66. The Kier molecular flexibility index (Phi) is 4.51. The van der Waals surface area contributed by atoms with Gasteiger partial charge < -0.3 is 4.74 Å². The average Bonchev–Trinajstić information content (AvgIpc) is 3.05. The van der Waals surface area contributed by atoms with Crippen LogP contribution in [0, 0.1) is 6.92 Å². The van der Waals surface area contributed by atoms with Gasteiger partial charge in [-0.1, -0.05) is 53.7 Å². The number of benzene rings is 2. The van der Waals surface area contributed by atoms with Crippen LogP contribution in [0.1, 0.15) is 17.5 Å². The molecule has 0 radical (unpaired) electrons. The quantitative estimate of drug-likeness (QED) is 0.524. The standard InChI is InChI=1S/C20H18N2O3S/c1-13-6-8-14(9-7-13)12-22-18(23)15-4-2-3-5-16(15)21-20(22)26-17-10-11-25-19(17)24/h2-9,17H,10-12H2,1H3/t17-/m1/s1. The third-order valence-electron chi connectivity index (χ3n) is 4.42. The lowest BCUT2D eigenvalue weighted by Crippen LogP contribution is -2.25. The number of hydrogen-bond donors (Lipinski definition) is 0. The second-order valence-corrected chi connectivity index (χ2v) is 7.52. The van der Waals surface area contributed by atoms with E-state index in [0.717, 1.165) is 5.56 Å². The summed E-state index contributed by atoms with van der Waals surface area (Å²) < 4.78 is 6.71. The Morgan fingerprint density at radius 1 is 1.15 bits per heavy atom. The van der Waals surface area contributed by atoms with Crippen molar-refractivity contribution in [3.8, 4) is 0 Å². The van der Waals surface area contributed by atoms with Crippen LogP contribution in [0.4, 0.5) is 0 Å². The van der Waals surface area contributed by atoms with Crippen LogP contribution in [0.25, 0.3) is 10.9 Å². The predicted octanol–water partition coefficient (Wildman–Crippen LogP) is 3.16. The molecule has 0 unspecified atom stereocenters. The Balaban J connectivity index is 1.80. The maximum Gasteiger partial charge on any atom is 0.319 e. The smallest absolute Gasteiger partial charge is 0.319 e. The van der Waals surface area contributed by atoms with Crippen LogP contribution < -0.4 is 5.56 Å². The van der Waals surface area contributed by atoms with E-state index in [1.54, 1.807) is 10.6 Å².